The number of para-hydroxylation sites is 1. The molecule has 1 atom stereocenters. The van der Waals surface area contributed by atoms with E-state index in [4.69, 9.17) is 16.4 Å². The van der Waals surface area contributed by atoms with Crippen LogP contribution < -0.4 is 14.6 Å². The average Bonchev–Trinajstić information content (AvgIpc) is 2.59. The summed E-state index contributed by atoms with van der Waals surface area (Å²) in [6, 6.07) is 4.66. The number of carbonyl (C=O) groups is 1. The van der Waals surface area contributed by atoms with Crippen molar-refractivity contribution in [3.05, 3.63) is 29.6 Å². The summed E-state index contributed by atoms with van der Waals surface area (Å²) >= 11 is 0. The van der Waals surface area contributed by atoms with Gasteiger partial charge in [0.05, 0.1) is 18.9 Å². The molecule has 0 unspecified atom stereocenters. The van der Waals surface area contributed by atoms with Crippen LogP contribution in [0.1, 0.15) is 32.6 Å². The summed E-state index contributed by atoms with van der Waals surface area (Å²) in [5.41, 5.74) is 0.152. The second-order valence-corrected chi connectivity index (χ2v) is 7.61. The van der Waals surface area contributed by atoms with Crippen LogP contribution in [-0.2, 0) is 15.0 Å². The molecular weight excluding hydrogens is 356 g/mol. The number of piperidine rings is 1. The minimum absolute atomic E-state index is 0.0660. The molecule has 1 aromatic carbocycles. The topological polar surface area (TPSA) is 106 Å². The monoisotopic (exact) mass is 380 g/mol. The summed E-state index contributed by atoms with van der Waals surface area (Å²) in [6.45, 7) is 11.1. The van der Waals surface area contributed by atoms with Crippen molar-refractivity contribution >= 4 is 27.5 Å². The molecule has 3 N–H and O–H groups in total. The SMILES string of the molecule is [C-]#[N+]c1c(NS(N)(=O)=O)cccc1OC[C@H]1CCCN(C(=O)CCC)C1. The van der Waals surface area contributed by atoms with Gasteiger partial charge in [-0.3, -0.25) is 9.52 Å². The lowest BCUT2D eigenvalue weighted by Crippen LogP contribution is -2.41. The van der Waals surface area contributed by atoms with Crippen molar-refractivity contribution in [2.45, 2.75) is 32.6 Å². The predicted molar refractivity (Wildman–Crippen MR) is 99.1 cm³/mol. The van der Waals surface area contributed by atoms with Gasteiger partial charge in [-0.25, -0.2) is 9.98 Å². The number of likely N-dealkylation sites (tertiary alicyclic amines) is 1. The second kappa shape index (κ2) is 8.87. The van der Waals surface area contributed by atoms with Crippen molar-refractivity contribution in [2.75, 3.05) is 24.4 Å². The Bertz CT molecular complexity index is 788. The molecule has 1 aliphatic heterocycles. The second-order valence-electron chi connectivity index (χ2n) is 6.32. The van der Waals surface area contributed by atoms with Gasteiger partial charge in [0.15, 0.2) is 0 Å². The third-order valence-electron chi connectivity index (χ3n) is 4.17. The van der Waals surface area contributed by atoms with Gasteiger partial charge in [-0.15, -0.1) is 0 Å². The van der Waals surface area contributed by atoms with Crippen LogP contribution in [-0.4, -0.2) is 38.9 Å². The fourth-order valence-electron chi connectivity index (χ4n) is 3.00. The highest BCUT2D eigenvalue weighted by Crippen LogP contribution is 2.36. The Kier molecular flexibility index (Phi) is 6.83. The number of nitrogens with zero attached hydrogens (tertiary/aromatic N) is 2. The summed E-state index contributed by atoms with van der Waals surface area (Å²) in [5, 5.41) is 4.98. The first kappa shape index (κ1) is 20.0. The van der Waals surface area contributed by atoms with Crippen molar-refractivity contribution in [3.63, 3.8) is 0 Å². The molecular formula is C17H24N4O4S. The van der Waals surface area contributed by atoms with Gasteiger partial charge in [0.1, 0.15) is 5.75 Å². The van der Waals surface area contributed by atoms with Crippen LogP contribution in [0.3, 0.4) is 0 Å². The van der Waals surface area contributed by atoms with Crippen molar-refractivity contribution in [1.82, 2.24) is 4.90 Å². The van der Waals surface area contributed by atoms with E-state index in [1.165, 1.54) is 6.07 Å². The van der Waals surface area contributed by atoms with Crippen molar-refractivity contribution in [2.24, 2.45) is 11.1 Å². The molecule has 1 saturated heterocycles. The van der Waals surface area contributed by atoms with E-state index in [-0.39, 0.29) is 23.2 Å². The Morgan fingerprint density at radius 2 is 2.27 bits per heavy atom. The summed E-state index contributed by atoms with van der Waals surface area (Å²) in [6.07, 6.45) is 3.25. The molecule has 1 aromatic rings. The van der Waals surface area contributed by atoms with Gasteiger partial charge in [-0.2, -0.15) is 8.42 Å². The standard InChI is InChI=1S/C17H24N4O4S/c1-3-6-16(22)21-10-5-7-13(11-21)12-25-15-9-4-8-14(17(15)19-2)20-26(18,23)24/h4,8-9,13,20H,3,5-7,10-12H2,1H3,(H2,18,23,24)/t13-/m0/s1. The third-order valence-corrected chi connectivity index (χ3v) is 4.68. The van der Waals surface area contributed by atoms with Gasteiger partial charge in [0, 0.05) is 25.4 Å². The fourth-order valence-corrected chi connectivity index (χ4v) is 3.47. The Labute approximate surface area is 154 Å². The number of nitrogens with one attached hydrogen (secondary N) is 1. The summed E-state index contributed by atoms with van der Waals surface area (Å²) in [4.78, 5) is 17.3. The van der Waals surface area contributed by atoms with Crippen LogP contribution in [0.2, 0.25) is 0 Å². The van der Waals surface area contributed by atoms with E-state index >= 15 is 0 Å². The Morgan fingerprint density at radius 1 is 1.50 bits per heavy atom. The van der Waals surface area contributed by atoms with Crippen molar-refractivity contribution in [1.29, 1.82) is 0 Å². The number of hydrogen-bond acceptors (Lipinski definition) is 4. The first-order chi connectivity index (χ1) is 12.3. The van der Waals surface area contributed by atoms with Crippen molar-refractivity contribution < 1.29 is 17.9 Å². The molecule has 0 aliphatic carbocycles. The number of nitrogens with two attached hydrogens (primary N) is 1. The minimum atomic E-state index is -3.98. The Hall–Kier alpha value is -2.31. The first-order valence-corrected chi connectivity index (χ1v) is 10.1. The van der Waals surface area contributed by atoms with E-state index in [0.29, 0.717) is 25.3 Å². The zero-order valence-corrected chi connectivity index (χ0v) is 15.6. The van der Waals surface area contributed by atoms with E-state index in [0.717, 1.165) is 25.8 Å². The van der Waals surface area contributed by atoms with E-state index in [2.05, 4.69) is 9.57 Å². The molecule has 26 heavy (non-hydrogen) atoms. The number of amides is 1. The lowest BCUT2D eigenvalue weighted by Gasteiger charge is -2.32. The normalized spacial score (nSPS) is 17.4. The van der Waals surface area contributed by atoms with E-state index < -0.39 is 10.2 Å². The van der Waals surface area contributed by atoms with E-state index in [9.17, 15) is 13.2 Å². The number of anilines is 1. The quantitative estimate of drug-likeness (QED) is 0.708. The average molecular weight is 380 g/mol. The molecule has 8 nitrogen and oxygen atoms in total. The number of carbonyl (C=O) groups excluding carboxylic acids is 1. The molecule has 0 aromatic heterocycles. The maximum Gasteiger partial charge on any atom is 0.295 e. The molecule has 0 bridgehead atoms. The minimum Gasteiger partial charge on any atom is -0.504 e. The van der Waals surface area contributed by atoms with Crippen LogP contribution in [0.25, 0.3) is 4.85 Å². The number of ether oxygens (including phenoxy) is 1. The lowest BCUT2D eigenvalue weighted by atomic mass is 9.98. The Balaban J connectivity index is 2.04. The highest BCUT2D eigenvalue weighted by Gasteiger charge is 2.24. The molecule has 9 heteroatoms. The fraction of sp³-hybridized carbons (Fsp3) is 0.529. The molecule has 1 aliphatic rings. The van der Waals surface area contributed by atoms with Crippen LogP contribution in [0.5, 0.6) is 5.75 Å². The van der Waals surface area contributed by atoms with Gasteiger partial charge in [0.25, 0.3) is 15.9 Å². The van der Waals surface area contributed by atoms with Crippen LogP contribution in [0.4, 0.5) is 11.4 Å². The molecule has 1 heterocycles. The van der Waals surface area contributed by atoms with Gasteiger partial charge in [-0.05, 0) is 31.4 Å². The molecule has 1 amide bonds. The van der Waals surface area contributed by atoms with Crippen LogP contribution in [0.15, 0.2) is 18.2 Å². The molecule has 0 saturated carbocycles. The zero-order chi connectivity index (χ0) is 19.2. The predicted octanol–water partition coefficient (Wildman–Crippen LogP) is 2.27. The summed E-state index contributed by atoms with van der Waals surface area (Å²) in [5.74, 6) is 0.641. The smallest absolute Gasteiger partial charge is 0.295 e. The van der Waals surface area contributed by atoms with E-state index in [1.807, 2.05) is 11.8 Å². The molecule has 0 radical (unpaired) electrons. The molecule has 142 valence electrons. The highest BCUT2D eigenvalue weighted by atomic mass is 32.2. The number of hydrogen-bond donors (Lipinski definition) is 2. The van der Waals surface area contributed by atoms with Crippen LogP contribution in [0, 0.1) is 12.5 Å². The molecule has 0 spiro atoms. The Morgan fingerprint density at radius 3 is 2.92 bits per heavy atom. The number of benzene rings is 1. The summed E-state index contributed by atoms with van der Waals surface area (Å²) in [7, 11) is -3.98. The van der Waals surface area contributed by atoms with E-state index in [1.54, 1.807) is 12.1 Å². The van der Waals surface area contributed by atoms with Gasteiger partial charge in [-0.1, -0.05) is 13.0 Å². The van der Waals surface area contributed by atoms with Crippen LogP contribution >= 0.6 is 0 Å². The largest absolute Gasteiger partial charge is 0.504 e. The highest BCUT2D eigenvalue weighted by molar-refractivity contribution is 7.90. The third kappa shape index (κ3) is 5.61. The summed E-state index contributed by atoms with van der Waals surface area (Å²) < 4.78 is 30.3. The first-order valence-electron chi connectivity index (χ1n) is 8.55. The number of rotatable bonds is 7. The maximum absolute atomic E-state index is 12.1. The molecule has 2 rings (SSSR count). The zero-order valence-electron chi connectivity index (χ0n) is 14.8. The van der Waals surface area contributed by atoms with Gasteiger partial charge >= 0.3 is 0 Å². The van der Waals surface area contributed by atoms with Gasteiger partial charge < -0.3 is 9.64 Å². The van der Waals surface area contributed by atoms with Gasteiger partial charge in [0.2, 0.25) is 5.91 Å². The van der Waals surface area contributed by atoms with Crippen molar-refractivity contribution in [3.8, 4) is 5.75 Å². The maximum atomic E-state index is 12.1. The lowest BCUT2D eigenvalue weighted by molar-refractivity contribution is -0.133. The molecule has 1 fully saturated rings.